The number of hydrogen-bond donors (Lipinski definition) is 1. The number of rotatable bonds is 1. The number of aryl methyl sites for hydroxylation is 1. The maximum atomic E-state index is 9.03. The predicted molar refractivity (Wildman–Crippen MR) is 57.2 cm³/mol. The molecule has 0 saturated heterocycles. The first-order valence-electron chi connectivity index (χ1n) is 3.24. The summed E-state index contributed by atoms with van der Waals surface area (Å²) in [5.41, 5.74) is 0.843. The van der Waals surface area contributed by atoms with Gasteiger partial charge in [0, 0.05) is 7.05 Å². The average molecular weight is 247 g/mol. The second-order valence-electron chi connectivity index (χ2n) is 2.11. The molecule has 1 rings (SSSR count). The van der Waals surface area contributed by atoms with E-state index < -0.39 is 6.10 Å². The highest BCUT2D eigenvalue weighted by Gasteiger charge is 2.02. The molecule has 68 valence electrons. The molecule has 0 amide bonds. The lowest BCUT2D eigenvalue weighted by molar-refractivity contribution is 0.190. The highest BCUT2D eigenvalue weighted by molar-refractivity contribution is 9.08. The summed E-state index contributed by atoms with van der Waals surface area (Å²) in [4.78, 5) is 3.85. The van der Waals surface area contributed by atoms with Gasteiger partial charge < -0.3 is 9.67 Å². The summed E-state index contributed by atoms with van der Waals surface area (Å²) in [5, 5.41) is 9.03. The van der Waals surface area contributed by atoms with Crippen molar-refractivity contribution < 1.29 is 5.11 Å². The number of halogens is 1. The molecule has 0 fully saturated rings. The van der Waals surface area contributed by atoms with Gasteiger partial charge in [0.25, 0.3) is 0 Å². The Morgan fingerprint density at radius 2 is 2.08 bits per heavy atom. The third-order valence-corrected chi connectivity index (χ3v) is 1.28. The van der Waals surface area contributed by atoms with Crippen molar-refractivity contribution in [3.05, 3.63) is 18.2 Å². The van der Waals surface area contributed by atoms with Crippen LogP contribution in [0.4, 0.5) is 0 Å². The maximum Gasteiger partial charge on any atom is 0.316 e. The molecule has 0 aromatic carbocycles. The molecule has 0 aliphatic carbocycles. The zero-order valence-corrected chi connectivity index (χ0v) is 8.54. The van der Waals surface area contributed by atoms with Crippen LogP contribution in [0.1, 0.15) is 18.7 Å². The van der Waals surface area contributed by atoms with Crippen LogP contribution in [0, 0.1) is 0 Å². The van der Waals surface area contributed by atoms with Gasteiger partial charge in [-0.2, -0.15) is 0 Å². The van der Waals surface area contributed by atoms with Crippen molar-refractivity contribution in [1.29, 1.82) is 0 Å². The fourth-order valence-electron chi connectivity index (χ4n) is 0.770. The van der Waals surface area contributed by atoms with Crippen molar-refractivity contribution in [1.82, 2.24) is 9.55 Å². The van der Waals surface area contributed by atoms with Gasteiger partial charge in [0.15, 0.2) is 0 Å². The molecule has 1 aromatic rings. The van der Waals surface area contributed by atoms with Gasteiger partial charge in [0.1, 0.15) is 0 Å². The minimum absolute atomic E-state index is 0. The van der Waals surface area contributed by atoms with E-state index in [1.807, 2.05) is 12.9 Å². The number of aliphatic hydroxyl groups excluding tert-OH is 1. The molecule has 3 nitrogen and oxygen atoms in total. The fourth-order valence-corrected chi connectivity index (χ4v) is 0.770. The molecule has 0 saturated carbocycles. The monoisotopic (exact) mass is 246 g/mol. The second-order valence-corrected chi connectivity index (χ2v) is 2.11. The third kappa shape index (κ3) is 4.44. The Balaban J connectivity index is 0. The van der Waals surface area contributed by atoms with Gasteiger partial charge in [-0.15, -0.1) is 0 Å². The molecule has 1 unspecified atom stereocenters. The number of aliphatic hydroxyl groups is 1. The molecule has 1 aromatic heterocycles. The van der Waals surface area contributed by atoms with E-state index in [4.69, 9.17) is 5.11 Å². The number of alkyl halides is 1. The van der Waals surface area contributed by atoms with Crippen LogP contribution in [-0.2, 0) is 7.05 Å². The number of imidazole rings is 1. The minimum Gasteiger partial charge on any atom is -0.387 e. The van der Waals surface area contributed by atoms with Crippen molar-refractivity contribution in [2.75, 3.05) is 5.83 Å². The van der Waals surface area contributed by atoms with Crippen molar-refractivity contribution in [3.8, 4) is 0 Å². The summed E-state index contributed by atoms with van der Waals surface area (Å²) in [6.45, 7) is 1.72. The average Bonchev–Trinajstić information content (AvgIpc) is 2.39. The largest absolute Gasteiger partial charge is 0.387 e. The van der Waals surface area contributed by atoms with Crippen LogP contribution < -0.4 is 0 Å². The first kappa shape index (κ1) is 14.9. The second kappa shape index (κ2) is 8.03. The van der Waals surface area contributed by atoms with E-state index in [0.717, 1.165) is 5.69 Å². The highest BCUT2D eigenvalue weighted by Crippen LogP contribution is 2.07. The number of nitrogens with zero attached hydrogens (tertiary/aromatic N) is 2. The Morgan fingerprint density at radius 3 is 2.25 bits per heavy atom. The topological polar surface area (TPSA) is 38.1 Å². The Kier molecular flexibility index (Phi) is 9.99. The minimum atomic E-state index is -0.419. The zero-order valence-electron chi connectivity index (χ0n) is 6.95. The normalized spacial score (nSPS) is 10.8. The van der Waals surface area contributed by atoms with Gasteiger partial charge >= 0.3 is 23.1 Å². The van der Waals surface area contributed by atoms with E-state index in [0.29, 0.717) is 0 Å². The van der Waals surface area contributed by atoms with E-state index in [1.54, 1.807) is 24.0 Å². The standard InChI is InChI=1S/C6H10N2O.CH3Br.Mg.2H/c1-5(9)6-3-7-4-8(6)2;1-2;;;/h3-5,9H,1-2H3;1H3;;;. The molecular weight excluding hydrogens is 232 g/mol. The Hall–Kier alpha value is 0.416. The van der Waals surface area contributed by atoms with Crippen LogP contribution in [0.5, 0.6) is 0 Å². The van der Waals surface area contributed by atoms with E-state index in [1.165, 1.54) is 0 Å². The molecule has 0 radical (unpaired) electrons. The van der Waals surface area contributed by atoms with Crippen LogP contribution in [0.15, 0.2) is 12.5 Å². The first-order valence-corrected chi connectivity index (χ1v) is 4.82. The van der Waals surface area contributed by atoms with Crippen LogP contribution >= 0.6 is 15.9 Å². The van der Waals surface area contributed by atoms with Gasteiger partial charge in [0.2, 0.25) is 0 Å². The smallest absolute Gasteiger partial charge is 0.316 e. The SMILES string of the molecule is CBr.CC(O)c1cncn1C.[MgH2]. The first-order chi connectivity index (χ1) is 5.22. The molecule has 0 bridgehead atoms. The van der Waals surface area contributed by atoms with Crippen LogP contribution in [0.3, 0.4) is 0 Å². The van der Waals surface area contributed by atoms with Gasteiger partial charge in [-0.05, 0) is 12.8 Å². The predicted octanol–water partition coefficient (Wildman–Crippen LogP) is 0.568. The third-order valence-electron chi connectivity index (χ3n) is 1.28. The lowest BCUT2D eigenvalue weighted by Gasteiger charge is -2.02. The summed E-state index contributed by atoms with van der Waals surface area (Å²) >= 11 is 2.94. The Morgan fingerprint density at radius 1 is 1.58 bits per heavy atom. The van der Waals surface area contributed by atoms with E-state index in [9.17, 15) is 0 Å². The molecule has 12 heavy (non-hydrogen) atoms. The van der Waals surface area contributed by atoms with Crippen LogP contribution in [0.25, 0.3) is 0 Å². The van der Waals surface area contributed by atoms with Crippen LogP contribution in [0.2, 0.25) is 0 Å². The molecule has 1 heterocycles. The highest BCUT2D eigenvalue weighted by atomic mass is 79.9. The van der Waals surface area contributed by atoms with Crippen molar-refractivity contribution in [2.45, 2.75) is 13.0 Å². The number of hydrogen-bond acceptors (Lipinski definition) is 2. The van der Waals surface area contributed by atoms with Gasteiger partial charge in [-0.3, -0.25) is 0 Å². The van der Waals surface area contributed by atoms with E-state index in [-0.39, 0.29) is 23.1 Å². The fraction of sp³-hybridized carbons (Fsp3) is 0.571. The molecule has 5 heteroatoms. The zero-order chi connectivity index (χ0) is 8.85. The van der Waals surface area contributed by atoms with Crippen molar-refractivity contribution >= 4 is 39.0 Å². The Bertz CT molecular complexity index is 203. The quantitative estimate of drug-likeness (QED) is 0.582. The van der Waals surface area contributed by atoms with Gasteiger partial charge in [0.05, 0.1) is 24.3 Å². The molecule has 1 N–H and O–H groups in total. The lowest BCUT2D eigenvalue weighted by atomic mass is 10.3. The maximum absolute atomic E-state index is 9.03. The van der Waals surface area contributed by atoms with Crippen molar-refractivity contribution in [2.24, 2.45) is 7.05 Å². The lowest BCUT2D eigenvalue weighted by Crippen LogP contribution is -1.98. The summed E-state index contributed by atoms with van der Waals surface area (Å²) in [5.74, 6) is 1.81. The van der Waals surface area contributed by atoms with E-state index in [2.05, 4.69) is 20.9 Å². The Labute approximate surface area is 97.5 Å². The summed E-state index contributed by atoms with van der Waals surface area (Å²) in [6.07, 6.45) is 2.91. The summed E-state index contributed by atoms with van der Waals surface area (Å²) in [6, 6.07) is 0. The molecular formula is C7H15BrMgN2O. The van der Waals surface area contributed by atoms with Gasteiger partial charge in [-0.1, -0.05) is 15.9 Å². The van der Waals surface area contributed by atoms with E-state index >= 15 is 0 Å². The van der Waals surface area contributed by atoms with Crippen molar-refractivity contribution in [3.63, 3.8) is 0 Å². The molecule has 1 atom stereocenters. The molecule has 0 spiro atoms. The molecule has 0 aliphatic heterocycles. The van der Waals surface area contributed by atoms with Gasteiger partial charge in [-0.25, -0.2) is 4.98 Å². The summed E-state index contributed by atoms with van der Waals surface area (Å²) < 4.78 is 1.80. The molecule has 0 aliphatic rings. The number of aromatic nitrogens is 2. The van der Waals surface area contributed by atoms with Crippen LogP contribution in [-0.4, -0.2) is 43.5 Å². The summed E-state index contributed by atoms with van der Waals surface area (Å²) in [7, 11) is 1.86.